The summed E-state index contributed by atoms with van der Waals surface area (Å²) in [5.41, 5.74) is 2.34. The van der Waals surface area contributed by atoms with Crippen molar-refractivity contribution in [2.75, 3.05) is 26.3 Å². The first-order valence-electron chi connectivity index (χ1n) is 8.12. The van der Waals surface area contributed by atoms with Gasteiger partial charge in [-0.25, -0.2) is 0 Å². The van der Waals surface area contributed by atoms with Crippen LogP contribution in [0.3, 0.4) is 0 Å². The molecule has 116 valence electrons. The molecule has 22 heavy (non-hydrogen) atoms. The molecule has 0 bridgehead atoms. The Morgan fingerprint density at radius 3 is 2.82 bits per heavy atom. The van der Waals surface area contributed by atoms with Crippen molar-refractivity contribution in [1.82, 2.24) is 15.5 Å². The zero-order chi connectivity index (χ0) is 14.8. The highest BCUT2D eigenvalue weighted by atomic mass is 16.5. The standard InChI is InChI=1S/C17H21N3O2/c1-2-13(15-6-9-21-11-15)10-14(3-1)16-19-17(22-20-16)12-4-7-18-8-5-12/h1-3,10,12,15,18H,4-9,11H2. The van der Waals surface area contributed by atoms with Crippen molar-refractivity contribution < 1.29 is 9.26 Å². The lowest BCUT2D eigenvalue weighted by atomic mass is 9.96. The number of hydrogen-bond acceptors (Lipinski definition) is 5. The molecule has 4 rings (SSSR count). The van der Waals surface area contributed by atoms with E-state index in [4.69, 9.17) is 9.26 Å². The summed E-state index contributed by atoms with van der Waals surface area (Å²) < 4.78 is 11.0. The van der Waals surface area contributed by atoms with Crippen LogP contribution in [-0.4, -0.2) is 36.4 Å². The third-order valence-electron chi connectivity index (χ3n) is 4.68. The Morgan fingerprint density at radius 1 is 1.09 bits per heavy atom. The van der Waals surface area contributed by atoms with Crippen LogP contribution in [0.4, 0.5) is 0 Å². The van der Waals surface area contributed by atoms with Gasteiger partial charge in [0.25, 0.3) is 0 Å². The Kier molecular flexibility index (Phi) is 3.91. The van der Waals surface area contributed by atoms with Gasteiger partial charge in [0, 0.05) is 24.0 Å². The molecular weight excluding hydrogens is 278 g/mol. The van der Waals surface area contributed by atoms with Crippen molar-refractivity contribution in [3.63, 3.8) is 0 Å². The van der Waals surface area contributed by atoms with Gasteiger partial charge in [0.15, 0.2) is 0 Å². The Hall–Kier alpha value is -1.72. The van der Waals surface area contributed by atoms with E-state index in [0.717, 1.165) is 57.0 Å². The third kappa shape index (κ3) is 2.78. The Morgan fingerprint density at radius 2 is 2.00 bits per heavy atom. The van der Waals surface area contributed by atoms with Crippen LogP contribution in [0.2, 0.25) is 0 Å². The summed E-state index contributed by atoms with van der Waals surface area (Å²) in [6.45, 7) is 3.73. The second kappa shape index (κ2) is 6.18. The lowest BCUT2D eigenvalue weighted by molar-refractivity contribution is 0.194. The number of nitrogens with zero attached hydrogens (tertiary/aromatic N) is 2. The lowest BCUT2D eigenvalue weighted by Crippen LogP contribution is -2.26. The highest BCUT2D eigenvalue weighted by molar-refractivity contribution is 5.56. The van der Waals surface area contributed by atoms with Gasteiger partial charge in [-0.15, -0.1) is 0 Å². The second-order valence-corrected chi connectivity index (χ2v) is 6.17. The van der Waals surface area contributed by atoms with E-state index < -0.39 is 0 Å². The lowest BCUT2D eigenvalue weighted by Gasteiger charge is -2.18. The predicted molar refractivity (Wildman–Crippen MR) is 82.8 cm³/mol. The molecule has 0 spiro atoms. The summed E-state index contributed by atoms with van der Waals surface area (Å²) in [7, 11) is 0. The third-order valence-corrected chi connectivity index (χ3v) is 4.68. The number of hydrogen-bond donors (Lipinski definition) is 1. The molecule has 0 aliphatic carbocycles. The predicted octanol–water partition coefficient (Wildman–Crippen LogP) is 2.71. The largest absolute Gasteiger partial charge is 0.381 e. The first-order chi connectivity index (χ1) is 10.9. The molecule has 1 unspecified atom stereocenters. The molecular formula is C17H21N3O2. The van der Waals surface area contributed by atoms with Gasteiger partial charge in [0.2, 0.25) is 11.7 Å². The zero-order valence-electron chi connectivity index (χ0n) is 12.6. The molecule has 1 aromatic heterocycles. The number of rotatable bonds is 3. The smallest absolute Gasteiger partial charge is 0.230 e. The molecule has 2 saturated heterocycles. The van der Waals surface area contributed by atoms with Crippen LogP contribution in [0.25, 0.3) is 11.4 Å². The number of piperidine rings is 1. The van der Waals surface area contributed by atoms with Gasteiger partial charge in [0.05, 0.1) is 6.61 Å². The van der Waals surface area contributed by atoms with Crippen molar-refractivity contribution in [3.05, 3.63) is 35.7 Å². The highest BCUT2D eigenvalue weighted by Crippen LogP contribution is 2.29. The van der Waals surface area contributed by atoms with Gasteiger partial charge in [-0.1, -0.05) is 23.4 Å². The summed E-state index contributed by atoms with van der Waals surface area (Å²) in [5, 5.41) is 7.55. The molecule has 0 saturated carbocycles. The van der Waals surface area contributed by atoms with Crippen LogP contribution in [0.1, 0.15) is 42.6 Å². The van der Waals surface area contributed by atoms with Gasteiger partial charge in [0.1, 0.15) is 0 Å². The maximum Gasteiger partial charge on any atom is 0.230 e. The molecule has 5 heteroatoms. The van der Waals surface area contributed by atoms with Gasteiger partial charge in [-0.2, -0.15) is 4.98 Å². The normalized spacial score (nSPS) is 23.0. The average molecular weight is 299 g/mol. The van der Waals surface area contributed by atoms with Crippen LogP contribution >= 0.6 is 0 Å². The summed E-state index contributed by atoms with van der Waals surface area (Å²) in [4.78, 5) is 4.64. The fraction of sp³-hybridized carbons (Fsp3) is 0.529. The quantitative estimate of drug-likeness (QED) is 0.944. The minimum absolute atomic E-state index is 0.397. The van der Waals surface area contributed by atoms with Crippen molar-refractivity contribution in [1.29, 1.82) is 0 Å². The fourth-order valence-corrected chi connectivity index (χ4v) is 3.32. The summed E-state index contributed by atoms with van der Waals surface area (Å²) in [6.07, 6.45) is 3.23. The van der Waals surface area contributed by atoms with Gasteiger partial charge >= 0.3 is 0 Å². The SMILES string of the molecule is c1cc(-c2noc(C3CCNCC3)n2)cc(C2CCOC2)c1. The maximum atomic E-state index is 5.51. The van der Waals surface area contributed by atoms with E-state index in [-0.39, 0.29) is 0 Å². The molecule has 2 aliphatic heterocycles. The minimum atomic E-state index is 0.397. The minimum Gasteiger partial charge on any atom is -0.381 e. The summed E-state index contributed by atoms with van der Waals surface area (Å²) >= 11 is 0. The van der Waals surface area contributed by atoms with Gasteiger partial charge < -0.3 is 14.6 Å². The molecule has 0 amide bonds. The van der Waals surface area contributed by atoms with Crippen molar-refractivity contribution in [2.24, 2.45) is 0 Å². The van der Waals surface area contributed by atoms with E-state index in [9.17, 15) is 0 Å². The number of ether oxygens (including phenoxy) is 1. The molecule has 1 atom stereocenters. The number of aromatic nitrogens is 2. The molecule has 2 aromatic rings. The molecule has 5 nitrogen and oxygen atoms in total. The molecule has 3 heterocycles. The molecule has 0 radical (unpaired) electrons. The van der Waals surface area contributed by atoms with E-state index in [1.165, 1.54) is 5.56 Å². The van der Waals surface area contributed by atoms with E-state index in [2.05, 4.69) is 39.7 Å². The van der Waals surface area contributed by atoms with Crippen molar-refractivity contribution in [2.45, 2.75) is 31.1 Å². The van der Waals surface area contributed by atoms with Crippen LogP contribution in [0.15, 0.2) is 28.8 Å². The monoisotopic (exact) mass is 299 g/mol. The van der Waals surface area contributed by atoms with Crippen molar-refractivity contribution in [3.8, 4) is 11.4 Å². The van der Waals surface area contributed by atoms with Crippen LogP contribution in [0.5, 0.6) is 0 Å². The Bertz CT molecular complexity index is 628. The van der Waals surface area contributed by atoms with E-state index in [1.807, 2.05) is 0 Å². The van der Waals surface area contributed by atoms with E-state index >= 15 is 0 Å². The highest BCUT2D eigenvalue weighted by Gasteiger charge is 2.22. The van der Waals surface area contributed by atoms with Gasteiger partial charge in [-0.05, 0) is 44.0 Å². The first kappa shape index (κ1) is 13.9. The average Bonchev–Trinajstić information content (AvgIpc) is 3.28. The molecule has 1 N–H and O–H groups in total. The number of nitrogens with one attached hydrogen (secondary N) is 1. The summed E-state index contributed by atoms with van der Waals surface area (Å²) in [6, 6.07) is 8.47. The number of benzene rings is 1. The topological polar surface area (TPSA) is 60.2 Å². The maximum absolute atomic E-state index is 5.51. The Labute approximate surface area is 130 Å². The Balaban J connectivity index is 1.56. The molecule has 2 fully saturated rings. The molecule has 2 aliphatic rings. The summed E-state index contributed by atoms with van der Waals surface area (Å²) in [5.74, 6) is 2.38. The van der Waals surface area contributed by atoms with Crippen LogP contribution < -0.4 is 5.32 Å². The van der Waals surface area contributed by atoms with E-state index in [0.29, 0.717) is 17.7 Å². The van der Waals surface area contributed by atoms with Crippen molar-refractivity contribution >= 4 is 0 Å². The van der Waals surface area contributed by atoms with E-state index in [1.54, 1.807) is 0 Å². The fourth-order valence-electron chi connectivity index (χ4n) is 3.32. The zero-order valence-corrected chi connectivity index (χ0v) is 12.6. The molecule has 1 aromatic carbocycles. The first-order valence-corrected chi connectivity index (χ1v) is 8.12. The van der Waals surface area contributed by atoms with Crippen LogP contribution in [-0.2, 0) is 4.74 Å². The second-order valence-electron chi connectivity index (χ2n) is 6.17. The van der Waals surface area contributed by atoms with Gasteiger partial charge in [-0.3, -0.25) is 0 Å². The van der Waals surface area contributed by atoms with Crippen LogP contribution in [0, 0.1) is 0 Å².